The number of hydrogen-bond acceptors (Lipinski definition) is 2. The lowest BCUT2D eigenvalue weighted by molar-refractivity contribution is -0.123. The summed E-state index contributed by atoms with van der Waals surface area (Å²) in [4.78, 5) is 11.7. The maximum atomic E-state index is 11.7. The second-order valence-electron chi connectivity index (χ2n) is 5.54. The van der Waals surface area contributed by atoms with E-state index in [9.17, 15) is 4.79 Å². The lowest BCUT2D eigenvalue weighted by atomic mass is 10.1. The molecule has 0 aromatic heterocycles. The standard InChI is InChI=1S/C19H23NO2/c1-15-5-9-17(10-6-15)4-3-13-20-19(21)14-22-18-11-7-16(2)8-12-18/h5-12H,3-4,13-14H2,1-2H3,(H,20,21). The van der Waals surface area contributed by atoms with Gasteiger partial charge in [-0.1, -0.05) is 47.5 Å². The average molecular weight is 297 g/mol. The van der Waals surface area contributed by atoms with Crippen LogP contribution in [0.15, 0.2) is 48.5 Å². The van der Waals surface area contributed by atoms with Crippen LogP contribution in [-0.2, 0) is 11.2 Å². The van der Waals surface area contributed by atoms with Crippen molar-refractivity contribution >= 4 is 5.91 Å². The Morgan fingerprint density at radius 3 is 2.18 bits per heavy atom. The number of amides is 1. The summed E-state index contributed by atoms with van der Waals surface area (Å²) in [5, 5.41) is 2.88. The Morgan fingerprint density at radius 1 is 0.955 bits per heavy atom. The summed E-state index contributed by atoms with van der Waals surface area (Å²) in [5.74, 6) is 0.643. The molecular weight excluding hydrogens is 274 g/mol. The van der Waals surface area contributed by atoms with E-state index in [-0.39, 0.29) is 12.5 Å². The highest BCUT2D eigenvalue weighted by Gasteiger charge is 2.02. The van der Waals surface area contributed by atoms with Crippen LogP contribution < -0.4 is 10.1 Å². The molecule has 116 valence electrons. The minimum Gasteiger partial charge on any atom is -0.484 e. The highest BCUT2D eigenvalue weighted by atomic mass is 16.5. The van der Waals surface area contributed by atoms with Crippen LogP contribution in [0.25, 0.3) is 0 Å². The summed E-state index contributed by atoms with van der Waals surface area (Å²) in [5.41, 5.74) is 3.74. The van der Waals surface area contributed by atoms with Crippen LogP contribution in [0.5, 0.6) is 5.75 Å². The Bertz CT molecular complexity index is 588. The fourth-order valence-electron chi connectivity index (χ4n) is 2.11. The van der Waals surface area contributed by atoms with Crippen molar-refractivity contribution in [1.29, 1.82) is 0 Å². The topological polar surface area (TPSA) is 38.3 Å². The van der Waals surface area contributed by atoms with Gasteiger partial charge in [-0.05, 0) is 44.4 Å². The van der Waals surface area contributed by atoms with E-state index in [1.54, 1.807) is 0 Å². The number of benzene rings is 2. The van der Waals surface area contributed by atoms with Gasteiger partial charge in [0.25, 0.3) is 5.91 Å². The zero-order valence-electron chi connectivity index (χ0n) is 13.3. The third-order valence-corrected chi connectivity index (χ3v) is 3.48. The van der Waals surface area contributed by atoms with Crippen LogP contribution >= 0.6 is 0 Å². The van der Waals surface area contributed by atoms with Gasteiger partial charge >= 0.3 is 0 Å². The number of nitrogens with one attached hydrogen (secondary N) is 1. The summed E-state index contributed by atoms with van der Waals surface area (Å²) in [6, 6.07) is 16.2. The number of carbonyl (C=O) groups excluding carboxylic acids is 1. The predicted molar refractivity (Wildman–Crippen MR) is 89.2 cm³/mol. The molecule has 0 aliphatic heterocycles. The molecule has 3 nitrogen and oxygen atoms in total. The second-order valence-corrected chi connectivity index (χ2v) is 5.54. The van der Waals surface area contributed by atoms with Gasteiger partial charge in [-0.2, -0.15) is 0 Å². The van der Waals surface area contributed by atoms with Gasteiger partial charge in [0.05, 0.1) is 0 Å². The van der Waals surface area contributed by atoms with Gasteiger partial charge in [-0.15, -0.1) is 0 Å². The van der Waals surface area contributed by atoms with E-state index < -0.39 is 0 Å². The van der Waals surface area contributed by atoms with Crippen molar-refractivity contribution in [2.75, 3.05) is 13.2 Å². The van der Waals surface area contributed by atoms with Gasteiger partial charge in [0.2, 0.25) is 0 Å². The number of carbonyl (C=O) groups is 1. The average Bonchev–Trinajstić information content (AvgIpc) is 2.53. The van der Waals surface area contributed by atoms with E-state index in [0.717, 1.165) is 18.6 Å². The first-order valence-electron chi connectivity index (χ1n) is 7.65. The molecule has 0 unspecified atom stereocenters. The van der Waals surface area contributed by atoms with E-state index in [1.807, 2.05) is 31.2 Å². The van der Waals surface area contributed by atoms with E-state index in [2.05, 4.69) is 36.5 Å². The molecule has 0 bridgehead atoms. The van der Waals surface area contributed by atoms with Gasteiger partial charge in [-0.25, -0.2) is 0 Å². The molecule has 22 heavy (non-hydrogen) atoms. The van der Waals surface area contributed by atoms with Crippen LogP contribution in [0.4, 0.5) is 0 Å². The lowest BCUT2D eigenvalue weighted by Crippen LogP contribution is -2.29. The molecule has 2 aromatic carbocycles. The molecule has 0 fully saturated rings. The minimum atomic E-state index is -0.0792. The first-order chi connectivity index (χ1) is 10.6. The molecule has 0 heterocycles. The fraction of sp³-hybridized carbons (Fsp3) is 0.316. The molecule has 0 aliphatic rings. The smallest absolute Gasteiger partial charge is 0.257 e. The van der Waals surface area contributed by atoms with Crippen LogP contribution in [0.1, 0.15) is 23.1 Å². The van der Waals surface area contributed by atoms with Crippen molar-refractivity contribution in [1.82, 2.24) is 5.32 Å². The normalized spacial score (nSPS) is 10.3. The first kappa shape index (κ1) is 16.1. The van der Waals surface area contributed by atoms with E-state index in [4.69, 9.17) is 4.74 Å². The summed E-state index contributed by atoms with van der Waals surface area (Å²) >= 11 is 0. The summed E-state index contributed by atoms with van der Waals surface area (Å²) in [6.45, 7) is 4.83. The molecule has 2 aromatic rings. The lowest BCUT2D eigenvalue weighted by Gasteiger charge is -2.08. The maximum Gasteiger partial charge on any atom is 0.257 e. The van der Waals surface area contributed by atoms with Gasteiger partial charge in [-0.3, -0.25) is 4.79 Å². The Balaban J connectivity index is 1.61. The SMILES string of the molecule is Cc1ccc(CCCNC(=O)COc2ccc(C)cc2)cc1. The number of hydrogen-bond donors (Lipinski definition) is 1. The van der Waals surface area contributed by atoms with E-state index in [1.165, 1.54) is 16.7 Å². The summed E-state index contributed by atoms with van der Waals surface area (Å²) < 4.78 is 5.44. The molecule has 0 aliphatic carbocycles. The Hall–Kier alpha value is -2.29. The highest BCUT2D eigenvalue weighted by molar-refractivity contribution is 5.77. The Kier molecular flexibility index (Phi) is 6.01. The zero-order valence-corrected chi connectivity index (χ0v) is 13.3. The molecular formula is C19H23NO2. The maximum absolute atomic E-state index is 11.7. The molecule has 1 amide bonds. The predicted octanol–water partition coefficient (Wildman–Crippen LogP) is 3.43. The molecule has 0 radical (unpaired) electrons. The van der Waals surface area contributed by atoms with E-state index in [0.29, 0.717) is 6.54 Å². The second kappa shape index (κ2) is 8.23. The first-order valence-corrected chi connectivity index (χ1v) is 7.65. The molecule has 0 saturated heterocycles. The molecule has 3 heteroatoms. The number of ether oxygens (including phenoxy) is 1. The zero-order chi connectivity index (χ0) is 15.8. The van der Waals surface area contributed by atoms with Crippen molar-refractivity contribution in [3.05, 3.63) is 65.2 Å². The molecule has 0 atom stereocenters. The number of aryl methyl sites for hydroxylation is 3. The van der Waals surface area contributed by atoms with Gasteiger partial charge < -0.3 is 10.1 Å². The van der Waals surface area contributed by atoms with E-state index >= 15 is 0 Å². The summed E-state index contributed by atoms with van der Waals surface area (Å²) in [6.07, 6.45) is 1.90. The van der Waals surface area contributed by atoms with Crippen LogP contribution in [0.2, 0.25) is 0 Å². The third-order valence-electron chi connectivity index (χ3n) is 3.48. The molecule has 0 saturated carbocycles. The Labute approximate surface area is 132 Å². The van der Waals surface area contributed by atoms with Crippen molar-refractivity contribution in [2.24, 2.45) is 0 Å². The van der Waals surface area contributed by atoms with Crippen molar-refractivity contribution in [2.45, 2.75) is 26.7 Å². The quantitative estimate of drug-likeness (QED) is 0.795. The van der Waals surface area contributed by atoms with Gasteiger partial charge in [0.15, 0.2) is 6.61 Å². The molecule has 1 N–H and O–H groups in total. The monoisotopic (exact) mass is 297 g/mol. The van der Waals surface area contributed by atoms with Crippen LogP contribution in [-0.4, -0.2) is 19.1 Å². The fourth-order valence-corrected chi connectivity index (χ4v) is 2.11. The molecule has 2 rings (SSSR count). The summed E-state index contributed by atoms with van der Waals surface area (Å²) in [7, 11) is 0. The number of rotatable bonds is 7. The van der Waals surface area contributed by atoms with Crippen LogP contribution in [0, 0.1) is 13.8 Å². The third kappa shape index (κ3) is 5.60. The minimum absolute atomic E-state index is 0.0631. The Morgan fingerprint density at radius 2 is 1.55 bits per heavy atom. The van der Waals surface area contributed by atoms with Crippen molar-refractivity contribution in [3.8, 4) is 5.75 Å². The van der Waals surface area contributed by atoms with Gasteiger partial charge in [0, 0.05) is 6.54 Å². The van der Waals surface area contributed by atoms with Crippen LogP contribution in [0.3, 0.4) is 0 Å². The van der Waals surface area contributed by atoms with Gasteiger partial charge in [0.1, 0.15) is 5.75 Å². The largest absolute Gasteiger partial charge is 0.484 e. The van der Waals surface area contributed by atoms with Crippen molar-refractivity contribution < 1.29 is 9.53 Å². The molecule has 0 spiro atoms. The van der Waals surface area contributed by atoms with Crippen molar-refractivity contribution in [3.63, 3.8) is 0 Å². The highest BCUT2D eigenvalue weighted by Crippen LogP contribution is 2.11.